The molecule has 2 atom stereocenters. The lowest BCUT2D eigenvalue weighted by Gasteiger charge is -2.21. The van der Waals surface area contributed by atoms with Crippen LogP contribution < -0.4 is 0 Å². The number of halogens is 1. The van der Waals surface area contributed by atoms with Crippen LogP contribution in [0.25, 0.3) is 0 Å². The van der Waals surface area contributed by atoms with Crippen LogP contribution in [0.2, 0.25) is 0 Å². The fourth-order valence-corrected chi connectivity index (χ4v) is 2.28. The van der Waals surface area contributed by atoms with Gasteiger partial charge in [0.25, 0.3) is 0 Å². The number of hydrogen-bond acceptors (Lipinski definition) is 2. The zero-order valence-corrected chi connectivity index (χ0v) is 7.51. The van der Waals surface area contributed by atoms with E-state index in [0.717, 1.165) is 6.42 Å². The average molecular weight is 173 g/mol. The number of nitrogens with zero attached hydrogens (tertiary/aromatic N) is 2. The Morgan fingerprint density at radius 1 is 1.55 bits per heavy atom. The van der Waals surface area contributed by atoms with Gasteiger partial charge in [0, 0.05) is 18.7 Å². The molecule has 2 nitrogen and oxygen atoms in total. The largest absolute Gasteiger partial charge is 0.282 e. The fourth-order valence-electron chi connectivity index (χ4n) is 1.96. The summed E-state index contributed by atoms with van der Waals surface area (Å²) in [6.07, 6.45) is 5.02. The number of fused-ring (bicyclic) bond motifs is 1. The Balaban J connectivity index is 2.16. The summed E-state index contributed by atoms with van der Waals surface area (Å²) in [6, 6.07) is 0. The maximum absolute atomic E-state index is 6.15. The van der Waals surface area contributed by atoms with Crippen LogP contribution in [-0.4, -0.2) is 23.3 Å². The summed E-state index contributed by atoms with van der Waals surface area (Å²) in [5.41, 5.74) is 1.46. The van der Waals surface area contributed by atoms with E-state index in [1.54, 1.807) is 0 Å². The Morgan fingerprint density at radius 3 is 3.09 bits per heavy atom. The van der Waals surface area contributed by atoms with E-state index in [2.05, 4.69) is 5.10 Å². The molecule has 11 heavy (non-hydrogen) atoms. The van der Waals surface area contributed by atoms with Crippen molar-refractivity contribution in [1.82, 2.24) is 5.01 Å². The smallest absolute Gasteiger partial charge is 0.128 e. The van der Waals surface area contributed by atoms with Gasteiger partial charge in [0.1, 0.15) is 5.50 Å². The summed E-state index contributed by atoms with van der Waals surface area (Å²) < 4.78 is 0. The van der Waals surface area contributed by atoms with Gasteiger partial charge < -0.3 is 0 Å². The molecule has 0 saturated heterocycles. The van der Waals surface area contributed by atoms with E-state index in [-0.39, 0.29) is 5.50 Å². The van der Waals surface area contributed by atoms with Crippen molar-refractivity contribution in [3.8, 4) is 0 Å². The minimum Gasteiger partial charge on any atom is -0.282 e. The lowest BCUT2D eigenvalue weighted by molar-refractivity contribution is 0.312. The van der Waals surface area contributed by atoms with Gasteiger partial charge in [0.05, 0.1) is 0 Å². The summed E-state index contributed by atoms with van der Waals surface area (Å²) in [5, 5.41) is 6.31. The first-order valence-corrected chi connectivity index (χ1v) is 4.67. The zero-order valence-electron chi connectivity index (χ0n) is 6.76. The second-order valence-corrected chi connectivity index (χ2v) is 3.84. The van der Waals surface area contributed by atoms with Crippen molar-refractivity contribution in [1.29, 1.82) is 0 Å². The Labute approximate surface area is 72.2 Å². The first kappa shape index (κ1) is 7.41. The lowest BCUT2D eigenvalue weighted by Crippen LogP contribution is -2.27. The molecule has 1 saturated carbocycles. The number of hydrogen-bond donors (Lipinski definition) is 0. The highest BCUT2D eigenvalue weighted by Crippen LogP contribution is 2.33. The molecule has 0 radical (unpaired) electrons. The van der Waals surface area contributed by atoms with E-state index in [4.69, 9.17) is 11.6 Å². The third kappa shape index (κ3) is 1.13. The topological polar surface area (TPSA) is 15.6 Å². The summed E-state index contributed by atoms with van der Waals surface area (Å²) in [7, 11) is 1.96. The van der Waals surface area contributed by atoms with Crippen molar-refractivity contribution in [3.05, 3.63) is 0 Å². The maximum atomic E-state index is 6.15. The van der Waals surface area contributed by atoms with E-state index in [9.17, 15) is 0 Å². The number of hydrazone groups is 1. The zero-order chi connectivity index (χ0) is 7.84. The van der Waals surface area contributed by atoms with Crippen molar-refractivity contribution in [2.45, 2.75) is 31.2 Å². The van der Waals surface area contributed by atoms with Crippen LogP contribution in [0.3, 0.4) is 0 Å². The van der Waals surface area contributed by atoms with Crippen molar-refractivity contribution in [3.63, 3.8) is 0 Å². The molecule has 0 bridgehead atoms. The molecule has 2 rings (SSSR count). The minimum atomic E-state index is 0.130. The van der Waals surface area contributed by atoms with Crippen LogP contribution in [0.4, 0.5) is 0 Å². The van der Waals surface area contributed by atoms with Crippen LogP contribution in [0.15, 0.2) is 5.10 Å². The number of rotatable bonds is 0. The molecule has 1 aliphatic heterocycles. The highest BCUT2D eigenvalue weighted by Gasteiger charge is 2.34. The molecular formula is C8H13ClN2. The predicted molar refractivity (Wildman–Crippen MR) is 46.8 cm³/mol. The highest BCUT2D eigenvalue weighted by molar-refractivity contribution is 6.22. The first-order chi connectivity index (χ1) is 5.29. The Bertz CT molecular complexity index is 191. The number of alkyl halides is 1. The third-order valence-corrected chi connectivity index (χ3v) is 3.19. The molecule has 2 aliphatic rings. The van der Waals surface area contributed by atoms with Gasteiger partial charge in [-0.05, 0) is 19.3 Å². The molecule has 0 spiro atoms. The average Bonchev–Trinajstić information content (AvgIpc) is 2.30. The van der Waals surface area contributed by atoms with Crippen LogP contribution in [0.5, 0.6) is 0 Å². The van der Waals surface area contributed by atoms with E-state index in [1.807, 2.05) is 12.1 Å². The van der Waals surface area contributed by atoms with Crippen LogP contribution in [0, 0.1) is 5.92 Å². The van der Waals surface area contributed by atoms with Gasteiger partial charge in [-0.25, -0.2) is 0 Å². The van der Waals surface area contributed by atoms with Gasteiger partial charge in [-0.15, -0.1) is 0 Å². The van der Waals surface area contributed by atoms with Gasteiger partial charge in [0.15, 0.2) is 0 Å². The highest BCUT2D eigenvalue weighted by atomic mass is 35.5. The van der Waals surface area contributed by atoms with Crippen LogP contribution in [-0.2, 0) is 0 Å². The molecule has 0 amide bonds. The first-order valence-electron chi connectivity index (χ1n) is 4.23. The summed E-state index contributed by atoms with van der Waals surface area (Å²) >= 11 is 6.15. The summed E-state index contributed by atoms with van der Waals surface area (Å²) in [4.78, 5) is 0. The van der Waals surface area contributed by atoms with Crippen molar-refractivity contribution in [2.75, 3.05) is 7.05 Å². The fraction of sp³-hybridized carbons (Fsp3) is 0.875. The molecule has 1 aliphatic carbocycles. The lowest BCUT2D eigenvalue weighted by atomic mass is 9.88. The molecular weight excluding hydrogens is 160 g/mol. The SMILES string of the molecule is CN1N=C2CCCCC2C1Cl. The van der Waals surface area contributed by atoms with E-state index in [0.29, 0.717) is 5.92 Å². The maximum Gasteiger partial charge on any atom is 0.128 e. The minimum absolute atomic E-state index is 0.130. The third-order valence-electron chi connectivity index (χ3n) is 2.60. The standard InChI is InChI=1S/C8H13ClN2/c1-11-8(9)6-4-2-3-5-7(6)10-11/h6,8H,2-5H2,1H3. The summed E-state index contributed by atoms with van der Waals surface area (Å²) in [6.45, 7) is 0. The molecule has 0 aromatic rings. The second kappa shape index (κ2) is 2.67. The molecule has 2 unspecified atom stereocenters. The van der Waals surface area contributed by atoms with Crippen LogP contribution >= 0.6 is 11.6 Å². The quantitative estimate of drug-likeness (QED) is 0.403. The molecule has 0 aromatic heterocycles. The predicted octanol–water partition coefficient (Wildman–Crippen LogP) is 2.04. The van der Waals surface area contributed by atoms with Crippen molar-refractivity contribution in [2.24, 2.45) is 11.0 Å². The monoisotopic (exact) mass is 172 g/mol. The molecule has 0 aromatic carbocycles. The Kier molecular flexibility index (Phi) is 1.80. The Hall–Kier alpha value is -0.240. The van der Waals surface area contributed by atoms with Gasteiger partial charge in [-0.1, -0.05) is 18.0 Å². The van der Waals surface area contributed by atoms with Crippen LogP contribution in [0.1, 0.15) is 25.7 Å². The van der Waals surface area contributed by atoms with Gasteiger partial charge in [-0.3, -0.25) is 5.01 Å². The second-order valence-electron chi connectivity index (χ2n) is 3.39. The molecule has 1 fully saturated rings. The Morgan fingerprint density at radius 2 is 2.36 bits per heavy atom. The normalized spacial score (nSPS) is 36.9. The van der Waals surface area contributed by atoms with Crippen molar-refractivity contribution < 1.29 is 0 Å². The van der Waals surface area contributed by atoms with E-state index in [1.165, 1.54) is 25.0 Å². The van der Waals surface area contributed by atoms with Gasteiger partial charge in [-0.2, -0.15) is 5.10 Å². The molecule has 0 N–H and O–H groups in total. The molecule has 1 heterocycles. The van der Waals surface area contributed by atoms with Crippen molar-refractivity contribution >= 4 is 17.3 Å². The van der Waals surface area contributed by atoms with Gasteiger partial charge >= 0.3 is 0 Å². The van der Waals surface area contributed by atoms with Gasteiger partial charge in [0.2, 0.25) is 0 Å². The molecule has 62 valence electrons. The molecule has 3 heteroatoms. The van der Waals surface area contributed by atoms with E-state index < -0.39 is 0 Å². The van der Waals surface area contributed by atoms with E-state index >= 15 is 0 Å². The summed E-state index contributed by atoms with van der Waals surface area (Å²) in [5.74, 6) is 0.551.